The lowest BCUT2D eigenvalue weighted by Gasteiger charge is -1.94. The van der Waals surface area contributed by atoms with Crippen molar-refractivity contribution >= 4 is 5.82 Å². The van der Waals surface area contributed by atoms with Crippen LogP contribution in [0.3, 0.4) is 0 Å². The molecule has 2 aromatic heterocycles. The van der Waals surface area contributed by atoms with Gasteiger partial charge in [0.05, 0.1) is 0 Å². The van der Waals surface area contributed by atoms with Gasteiger partial charge in [-0.25, -0.2) is 4.98 Å². The molecule has 5 nitrogen and oxygen atoms in total. The predicted octanol–water partition coefficient (Wildman–Crippen LogP) is 1.84. The van der Waals surface area contributed by atoms with E-state index in [2.05, 4.69) is 22.0 Å². The van der Waals surface area contributed by atoms with Crippen LogP contribution in [-0.4, -0.2) is 15.1 Å². The maximum Gasteiger partial charge on any atom is 0.258 e. The lowest BCUT2D eigenvalue weighted by Crippen LogP contribution is -1.89. The molecule has 1 aliphatic rings. The van der Waals surface area contributed by atoms with Gasteiger partial charge in [0.2, 0.25) is 0 Å². The molecule has 2 heterocycles. The van der Waals surface area contributed by atoms with E-state index in [4.69, 9.17) is 10.3 Å². The maximum atomic E-state index is 5.60. The summed E-state index contributed by atoms with van der Waals surface area (Å²) in [7, 11) is 0. The van der Waals surface area contributed by atoms with Gasteiger partial charge in [-0.2, -0.15) is 4.98 Å². The summed E-state index contributed by atoms with van der Waals surface area (Å²) in [5.41, 5.74) is 6.42. The van der Waals surface area contributed by atoms with Gasteiger partial charge >= 0.3 is 0 Å². The van der Waals surface area contributed by atoms with Gasteiger partial charge in [-0.3, -0.25) is 0 Å². The molecule has 1 fully saturated rings. The largest absolute Gasteiger partial charge is 0.384 e. The number of hydrogen-bond donors (Lipinski definition) is 1. The van der Waals surface area contributed by atoms with Crippen LogP contribution >= 0.6 is 0 Å². The Kier molecular flexibility index (Phi) is 1.92. The molecular weight excluding hydrogens is 204 g/mol. The number of nitrogens with two attached hydrogens (primary N) is 1. The highest BCUT2D eigenvalue weighted by Crippen LogP contribution is 2.45. The van der Waals surface area contributed by atoms with Crippen molar-refractivity contribution in [2.24, 2.45) is 5.92 Å². The van der Waals surface area contributed by atoms with Crippen molar-refractivity contribution in [3.8, 4) is 11.5 Å². The van der Waals surface area contributed by atoms with E-state index >= 15 is 0 Å². The molecule has 0 amide bonds. The van der Waals surface area contributed by atoms with Crippen molar-refractivity contribution in [2.75, 3.05) is 5.73 Å². The van der Waals surface area contributed by atoms with Crippen molar-refractivity contribution in [1.29, 1.82) is 0 Å². The summed E-state index contributed by atoms with van der Waals surface area (Å²) in [5, 5.41) is 3.99. The van der Waals surface area contributed by atoms with Gasteiger partial charge in [0.1, 0.15) is 5.82 Å². The number of hydrogen-bond acceptors (Lipinski definition) is 5. The molecule has 2 unspecified atom stereocenters. The Bertz CT molecular complexity index is 522. The fourth-order valence-corrected chi connectivity index (χ4v) is 1.77. The number of nitrogens with zero attached hydrogens (tertiary/aromatic N) is 3. The van der Waals surface area contributed by atoms with Crippen molar-refractivity contribution < 1.29 is 4.52 Å². The van der Waals surface area contributed by atoms with Crippen molar-refractivity contribution in [3.63, 3.8) is 0 Å². The van der Waals surface area contributed by atoms with Crippen molar-refractivity contribution in [1.82, 2.24) is 15.1 Å². The first-order chi connectivity index (χ1) is 7.74. The van der Waals surface area contributed by atoms with Gasteiger partial charge < -0.3 is 10.3 Å². The zero-order valence-electron chi connectivity index (χ0n) is 8.92. The highest BCUT2D eigenvalue weighted by atomic mass is 16.5. The molecule has 3 rings (SSSR count). The monoisotopic (exact) mass is 216 g/mol. The first-order valence-electron chi connectivity index (χ1n) is 5.29. The van der Waals surface area contributed by atoms with E-state index in [1.807, 2.05) is 6.07 Å². The zero-order chi connectivity index (χ0) is 11.1. The number of anilines is 1. The molecule has 0 radical (unpaired) electrons. The minimum Gasteiger partial charge on any atom is -0.384 e. The van der Waals surface area contributed by atoms with Crippen LogP contribution in [0.5, 0.6) is 0 Å². The normalized spacial score (nSPS) is 23.3. The third-order valence-corrected chi connectivity index (χ3v) is 2.91. The van der Waals surface area contributed by atoms with Crippen LogP contribution in [-0.2, 0) is 0 Å². The van der Waals surface area contributed by atoms with Crippen molar-refractivity contribution in [2.45, 2.75) is 19.3 Å². The average molecular weight is 216 g/mol. The molecule has 0 bridgehead atoms. The zero-order valence-corrected chi connectivity index (χ0v) is 8.92. The van der Waals surface area contributed by atoms with Gasteiger partial charge in [-0.15, -0.1) is 0 Å². The molecular formula is C11H12N4O. The third-order valence-electron chi connectivity index (χ3n) is 2.91. The number of aromatic nitrogens is 3. The fourth-order valence-electron chi connectivity index (χ4n) is 1.77. The Hall–Kier alpha value is -1.91. The van der Waals surface area contributed by atoms with Gasteiger partial charge in [0.25, 0.3) is 5.89 Å². The Labute approximate surface area is 92.7 Å². The van der Waals surface area contributed by atoms with Crippen LogP contribution in [0.15, 0.2) is 22.9 Å². The topological polar surface area (TPSA) is 77.8 Å². The Morgan fingerprint density at radius 2 is 2.31 bits per heavy atom. The quantitative estimate of drug-likeness (QED) is 0.828. The third kappa shape index (κ3) is 1.54. The van der Waals surface area contributed by atoms with Crippen LogP contribution in [0.4, 0.5) is 5.82 Å². The molecule has 1 saturated carbocycles. The molecule has 16 heavy (non-hydrogen) atoms. The Balaban J connectivity index is 1.92. The van der Waals surface area contributed by atoms with E-state index in [0.717, 1.165) is 17.8 Å². The summed E-state index contributed by atoms with van der Waals surface area (Å²) in [6.07, 6.45) is 2.78. The van der Waals surface area contributed by atoms with Crippen molar-refractivity contribution in [3.05, 3.63) is 24.2 Å². The van der Waals surface area contributed by atoms with Gasteiger partial charge in [0, 0.05) is 17.7 Å². The summed E-state index contributed by atoms with van der Waals surface area (Å²) in [6.45, 7) is 2.19. The number of pyridine rings is 1. The minimum atomic E-state index is 0.456. The lowest BCUT2D eigenvalue weighted by molar-refractivity contribution is 0.422. The van der Waals surface area contributed by atoms with Crippen LogP contribution in [0.2, 0.25) is 0 Å². The highest BCUT2D eigenvalue weighted by Gasteiger charge is 2.38. The minimum absolute atomic E-state index is 0.456. The SMILES string of the molecule is CC1CC1c1noc(-c2ccnc(N)c2)n1. The van der Waals surface area contributed by atoms with E-state index in [0.29, 0.717) is 23.5 Å². The molecule has 0 aliphatic heterocycles. The highest BCUT2D eigenvalue weighted by molar-refractivity contribution is 5.56. The molecule has 0 aromatic carbocycles. The van der Waals surface area contributed by atoms with E-state index in [1.54, 1.807) is 12.3 Å². The number of rotatable bonds is 2. The van der Waals surface area contributed by atoms with E-state index in [-0.39, 0.29) is 0 Å². The van der Waals surface area contributed by atoms with Crippen LogP contribution in [0.1, 0.15) is 25.1 Å². The summed E-state index contributed by atoms with van der Waals surface area (Å²) < 4.78 is 5.21. The second kappa shape index (κ2) is 3.30. The molecule has 82 valence electrons. The number of nitrogen functional groups attached to an aromatic ring is 1. The standard InChI is InChI=1S/C11H12N4O/c1-6-4-8(6)10-14-11(16-15-10)7-2-3-13-9(12)5-7/h2-3,5-6,8H,4H2,1H3,(H2,12,13). The van der Waals surface area contributed by atoms with E-state index < -0.39 is 0 Å². The van der Waals surface area contributed by atoms with Gasteiger partial charge in [-0.05, 0) is 24.5 Å². The van der Waals surface area contributed by atoms with Crippen LogP contribution < -0.4 is 5.73 Å². The molecule has 0 spiro atoms. The van der Waals surface area contributed by atoms with Crippen LogP contribution in [0, 0.1) is 5.92 Å². The van der Waals surface area contributed by atoms with E-state index in [9.17, 15) is 0 Å². The molecule has 2 atom stereocenters. The second-order valence-corrected chi connectivity index (χ2v) is 4.25. The molecule has 2 N–H and O–H groups in total. The molecule has 2 aromatic rings. The van der Waals surface area contributed by atoms with Crippen LogP contribution in [0.25, 0.3) is 11.5 Å². The molecule has 1 aliphatic carbocycles. The second-order valence-electron chi connectivity index (χ2n) is 4.25. The Morgan fingerprint density at radius 3 is 3.00 bits per heavy atom. The smallest absolute Gasteiger partial charge is 0.258 e. The van der Waals surface area contributed by atoms with E-state index in [1.165, 1.54) is 0 Å². The predicted molar refractivity (Wildman–Crippen MR) is 58.5 cm³/mol. The fraction of sp³-hybridized carbons (Fsp3) is 0.364. The molecule has 5 heteroatoms. The van der Waals surface area contributed by atoms with Gasteiger partial charge in [-0.1, -0.05) is 12.1 Å². The van der Waals surface area contributed by atoms with Gasteiger partial charge in [0.15, 0.2) is 5.82 Å². The summed E-state index contributed by atoms with van der Waals surface area (Å²) in [4.78, 5) is 8.29. The maximum absolute atomic E-state index is 5.60. The first-order valence-corrected chi connectivity index (χ1v) is 5.29. The Morgan fingerprint density at radius 1 is 1.50 bits per heavy atom. The summed E-state index contributed by atoms with van der Waals surface area (Å²) >= 11 is 0. The average Bonchev–Trinajstić information content (AvgIpc) is 2.81. The molecule has 0 saturated heterocycles. The summed E-state index contributed by atoms with van der Waals surface area (Å²) in [5.74, 6) is 2.92. The summed E-state index contributed by atoms with van der Waals surface area (Å²) in [6, 6.07) is 3.54. The first kappa shape index (κ1) is 9.33. The lowest BCUT2D eigenvalue weighted by atomic mass is 10.2.